The summed E-state index contributed by atoms with van der Waals surface area (Å²) in [4.78, 5) is 8.25. The van der Waals surface area contributed by atoms with E-state index in [-0.39, 0.29) is 11.0 Å². The molecule has 0 bridgehead atoms. The van der Waals surface area contributed by atoms with E-state index < -0.39 is 0 Å². The van der Waals surface area contributed by atoms with Crippen molar-refractivity contribution in [3.05, 3.63) is 83.9 Å². The molecule has 1 atom stereocenters. The molecule has 1 aliphatic heterocycles. The zero-order valence-corrected chi connectivity index (χ0v) is 16.3. The number of phenolic OH excluding ortho intramolecular Hbond substituents is 1. The van der Waals surface area contributed by atoms with Crippen molar-refractivity contribution in [2.45, 2.75) is 16.6 Å². The third kappa shape index (κ3) is 3.86. The number of thioether (sulfide) groups is 1. The summed E-state index contributed by atoms with van der Waals surface area (Å²) in [5.74, 6) is 0.271. The molecule has 4 rings (SSSR count). The first-order valence-electron chi connectivity index (χ1n) is 9.00. The number of anilines is 1. The summed E-state index contributed by atoms with van der Waals surface area (Å²) in [5.41, 5.74) is 5.45. The highest BCUT2D eigenvalue weighted by atomic mass is 32.2. The van der Waals surface area contributed by atoms with E-state index in [1.165, 1.54) is 16.1 Å². The van der Waals surface area contributed by atoms with Gasteiger partial charge in [-0.25, -0.2) is 0 Å². The highest BCUT2D eigenvalue weighted by molar-refractivity contribution is 7.99. The van der Waals surface area contributed by atoms with Crippen LogP contribution in [-0.4, -0.2) is 24.9 Å². The quantitative estimate of drug-likeness (QED) is 0.628. The van der Waals surface area contributed by atoms with Crippen LogP contribution >= 0.6 is 11.8 Å². The summed E-state index contributed by atoms with van der Waals surface area (Å²) < 4.78 is 0. The Hall–Kier alpha value is -2.72. The minimum Gasteiger partial charge on any atom is -0.508 e. The topological polar surface area (TPSA) is 35.8 Å². The second kappa shape index (κ2) is 7.49. The van der Waals surface area contributed by atoms with Crippen molar-refractivity contribution in [1.82, 2.24) is 0 Å². The third-order valence-electron chi connectivity index (χ3n) is 4.73. The summed E-state index contributed by atoms with van der Waals surface area (Å²) in [7, 11) is 4.11. The minimum absolute atomic E-state index is 0.269. The fraction of sp³-hybridized carbons (Fsp3) is 0.174. The Morgan fingerprint density at radius 1 is 0.963 bits per heavy atom. The van der Waals surface area contributed by atoms with Gasteiger partial charge in [-0.05, 0) is 47.5 Å². The lowest BCUT2D eigenvalue weighted by atomic mass is 10.0. The molecular weight excluding hydrogens is 352 g/mol. The van der Waals surface area contributed by atoms with E-state index in [9.17, 15) is 5.11 Å². The second-order valence-electron chi connectivity index (χ2n) is 6.87. The molecule has 1 aliphatic rings. The number of hydrogen-bond acceptors (Lipinski definition) is 4. The Morgan fingerprint density at radius 2 is 1.74 bits per heavy atom. The van der Waals surface area contributed by atoms with Crippen LogP contribution in [-0.2, 0) is 0 Å². The van der Waals surface area contributed by atoms with Crippen molar-refractivity contribution in [2.24, 2.45) is 4.99 Å². The second-order valence-corrected chi connectivity index (χ2v) is 8.12. The molecule has 1 unspecified atom stereocenters. The molecular formula is C23H22N2OS. The van der Waals surface area contributed by atoms with Crippen LogP contribution in [0.2, 0.25) is 0 Å². The predicted octanol–water partition coefficient (Wildman–Crippen LogP) is 5.82. The summed E-state index contributed by atoms with van der Waals surface area (Å²) >= 11 is 1.86. The standard InChI is InChI=1S/C23H22N2OS/c1-25(2)18-12-10-16(11-13-18)23-15-21(17-6-5-7-19(26)14-17)24-20-8-3-4-9-22(20)27-23/h3-14,23,26H,15H2,1-2H3. The Labute approximate surface area is 164 Å². The van der Waals surface area contributed by atoms with Gasteiger partial charge in [-0.2, -0.15) is 0 Å². The van der Waals surface area contributed by atoms with Crippen molar-refractivity contribution in [3.8, 4) is 5.75 Å². The molecule has 136 valence electrons. The Balaban J connectivity index is 1.75. The average Bonchev–Trinajstić information content (AvgIpc) is 2.88. The van der Waals surface area contributed by atoms with Crippen LogP contribution in [0.5, 0.6) is 5.75 Å². The van der Waals surface area contributed by atoms with Crippen molar-refractivity contribution >= 4 is 28.8 Å². The van der Waals surface area contributed by atoms with Gasteiger partial charge in [0.15, 0.2) is 0 Å². The number of aliphatic imine (C=N–C) groups is 1. The molecule has 27 heavy (non-hydrogen) atoms. The maximum Gasteiger partial charge on any atom is 0.116 e. The Morgan fingerprint density at radius 3 is 2.48 bits per heavy atom. The van der Waals surface area contributed by atoms with Crippen LogP contribution in [0.15, 0.2) is 82.7 Å². The zero-order valence-electron chi connectivity index (χ0n) is 15.5. The van der Waals surface area contributed by atoms with Gasteiger partial charge in [0.1, 0.15) is 5.75 Å². The molecule has 0 aliphatic carbocycles. The van der Waals surface area contributed by atoms with Crippen molar-refractivity contribution in [2.75, 3.05) is 19.0 Å². The SMILES string of the molecule is CN(C)c1ccc(C2CC(c3cccc(O)c3)=Nc3ccccc3S2)cc1. The molecule has 0 spiro atoms. The number of benzene rings is 3. The number of fused-ring (bicyclic) bond motifs is 1. The number of para-hydroxylation sites is 1. The number of aromatic hydroxyl groups is 1. The van der Waals surface area contributed by atoms with Gasteiger partial charge in [-0.1, -0.05) is 36.4 Å². The van der Waals surface area contributed by atoms with Gasteiger partial charge in [0, 0.05) is 42.1 Å². The third-order valence-corrected chi connectivity index (χ3v) is 6.05. The number of hydrogen-bond donors (Lipinski definition) is 1. The summed E-state index contributed by atoms with van der Waals surface area (Å²) in [5, 5.41) is 10.2. The first kappa shape index (κ1) is 17.7. The van der Waals surface area contributed by atoms with Crippen LogP contribution in [0, 0.1) is 0 Å². The van der Waals surface area contributed by atoms with Gasteiger partial charge in [-0.15, -0.1) is 11.8 Å². The molecule has 0 amide bonds. The molecule has 3 aromatic rings. The molecule has 0 fully saturated rings. The minimum atomic E-state index is 0.269. The van der Waals surface area contributed by atoms with Gasteiger partial charge in [0.05, 0.1) is 5.69 Å². The van der Waals surface area contributed by atoms with E-state index in [4.69, 9.17) is 4.99 Å². The van der Waals surface area contributed by atoms with Crippen molar-refractivity contribution in [1.29, 1.82) is 0 Å². The maximum absolute atomic E-state index is 9.91. The zero-order chi connectivity index (χ0) is 18.8. The van der Waals surface area contributed by atoms with E-state index >= 15 is 0 Å². The highest BCUT2D eigenvalue weighted by Gasteiger charge is 2.22. The van der Waals surface area contributed by atoms with E-state index in [0.29, 0.717) is 0 Å². The first-order valence-corrected chi connectivity index (χ1v) is 9.88. The van der Waals surface area contributed by atoms with Gasteiger partial charge in [-0.3, -0.25) is 4.99 Å². The molecule has 0 saturated carbocycles. The van der Waals surface area contributed by atoms with Gasteiger partial charge in [0.25, 0.3) is 0 Å². The van der Waals surface area contributed by atoms with Crippen LogP contribution in [0.3, 0.4) is 0 Å². The van der Waals surface area contributed by atoms with Crippen LogP contribution in [0.1, 0.15) is 22.8 Å². The van der Waals surface area contributed by atoms with Crippen LogP contribution in [0.25, 0.3) is 0 Å². The number of nitrogens with zero attached hydrogens (tertiary/aromatic N) is 2. The molecule has 1 N–H and O–H groups in total. The van der Waals surface area contributed by atoms with Gasteiger partial charge in [0.2, 0.25) is 0 Å². The van der Waals surface area contributed by atoms with Crippen molar-refractivity contribution < 1.29 is 5.11 Å². The predicted molar refractivity (Wildman–Crippen MR) is 115 cm³/mol. The molecule has 1 heterocycles. The largest absolute Gasteiger partial charge is 0.508 e. The van der Waals surface area contributed by atoms with Crippen molar-refractivity contribution in [3.63, 3.8) is 0 Å². The molecule has 0 aromatic heterocycles. The summed E-state index contributed by atoms with van der Waals surface area (Å²) in [6, 6.07) is 24.4. The highest BCUT2D eigenvalue weighted by Crippen LogP contribution is 2.45. The molecule has 0 radical (unpaired) electrons. The summed E-state index contributed by atoms with van der Waals surface area (Å²) in [6.45, 7) is 0. The van der Waals surface area contributed by atoms with Gasteiger partial charge >= 0.3 is 0 Å². The molecule has 4 heteroatoms. The fourth-order valence-electron chi connectivity index (χ4n) is 3.25. The van der Waals surface area contributed by atoms with E-state index in [0.717, 1.165) is 23.4 Å². The monoisotopic (exact) mass is 374 g/mol. The molecule has 0 saturated heterocycles. The lowest BCUT2D eigenvalue weighted by Crippen LogP contribution is -2.09. The number of phenols is 1. The van der Waals surface area contributed by atoms with Gasteiger partial charge < -0.3 is 10.0 Å². The first-order chi connectivity index (χ1) is 13.1. The Bertz CT molecular complexity index is 980. The average molecular weight is 375 g/mol. The van der Waals surface area contributed by atoms with E-state index in [1.54, 1.807) is 12.1 Å². The molecule has 3 aromatic carbocycles. The van der Waals surface area contributed by atoms with Crippen LogP contribution < -0.4 is 4.90 Å². The number of rotatable bonds is 3. The van der Waals surface area contributed by atoms with E-state index in [1.807, 2.05) is 30.0 Å². The summed E-state index contributed by atoms with van der Waals surface area (Å²) in [6.07, 6.45) is 0.810. The Kier molecular flexibility index (Phi) is 4.90. The molecule has 3 nitrogen and oxygen atoms in total. The smallest absolute Gasteiger partial charge is 0.116 e. The normalized spacial score (nSPS) is 16.2. The maximum atomic E-state index is 9.91. The van der Waals surface area contributed by atoms with Crippen LogP contribution in [0.4, 0.5) is 11.4 Å². The fourth-order valence-corrected chi connectivity index (χ4v) is 4.48. The van der Waals surface area contributed by atoms with E-state index in [2.05, 4.69) is 61.5 Å². The lowest BCUT2D eigenvalue weighted by molar-refractivity contribution is 0.475. The lowest BCUT2D eigenvalue weighted by Gasteiger charge is -2.18.